The standard InChI is InChI=1S/C17H15NO4/c1-11-6-8-12(9-7-11)15(19)10-22-18-16(20)13-4-2-3-5-14(13)17(18)21/h2-9,15,19H,10H2,1H3. The van der Waals surface area contributed by atoms with Gasteiger partial charge in [0, 0.05) is 0 Å². The highest BCUT2D eigenvalue weighted by atomic mass is 16.7. The third kappa shape index (κ3) is 2.52. The molecule has 0 saturated carbocycles. The summed E-state index contributed by atoms with van der Waals surface area (Å²) in [6.07, 6.45) is -0.912. The molecule has 2 aromatic rings. The summed E-state index contributed by atoms with van der Waals surface area (Å²) in [6, 6.07) is 13.9. The van der Waals surface area contributed by atoms with Crippen LogP contribution >= 0.6 is 0 Å². The van der Waals surface area contributed by atoms with Gasteiger partial charge in [-0.15, -0.1) is 5.06 Å². The Morgan fingerprint density at radius 3 is 2.09 bits per heavy atom. The Labute approximate surface area is 127 Å². The fraction of sp³-hybridized carbons (Fsp3) is 0.176. The number of hydroxylamine groups is 2. The maximum atomic E-state index is 12.1. The quantitative estimate of drug-likeness (QED) is 0.879. The molecule has 112 valence electrons. The molecular formula is C17H15NO4. The van der Waals surface area contributed by atoms with Gasteiger partial charge in [0.05, 0.1) is 11.1 Å². The average Bonchev–Trinajstić information content (AvgIpc) is 2.78. The molecule has 1 aliphatic heterocycles. The van der Waals surface area contributed by atoms with Gasteiger partial charge in [0.15, 0.2) is 0 Å². The first-order valence-corrected chi connectivity index (χ1v) is 6.93. The smallest absolute Gasteiger partial charge is 0.285 e. The van der Waals surface area contributed by atoms with Crippen LogP contribution in [0.3, 0.4) is 0 Å². The average molecular weight is 297 g/mol. The second-order valence-electron chi connectivity index (χ2n) is 5.17. The number of aliphatic hydroxyl groups excluding tert-OH is 1. The van der Waals surface area contributed by atoms with Crippen LogP contribution in [-0.2, 0) is 4.84 Å². The molecule has 1 aliphatic rings. The first-order chi connectivity index (χ1) is 10.6. The van der Waals surface area contributed by atoms with E-state index in [9.17, 15) is 14.7 Å². The minimum atomic E-state index is -0.912. The van der Waals surface area contributed by atoms with Crippen molar-refractivity contribution in [3.8, 4) is 0 Å². The first-order valence-electron chi connectivity index (χ1n) is 6.93. The van der Waals surface area contributed by atoms with Gasteiger partial charge >= 0.3 is 0 Å². The number of hydrogen-bond acceptors (Lipinski definition) is 4. The highest BCUT2D eigenvalue weighted by Crippen LogP contribution is 2.23. The van der Waals surface area contributed by atoms with Crippen LogP contribution < -0.4 is 0 Å². The molecular weight excluding hydrogens is 282 g/mol. The summed E-state index contributed by atoms with van der Waals surface area (Å²) in [5.41, 5.74) is 2.38. The topological polar surface area (TPSA) is 66.8 Å². The fourth-order valence-electron chi connectivity index (χ4n) is 2.31. The zero-order valence-corrected chi connectivity index (χ0v) is 12.0. The van der Waals surface area contributed by atoms with Crippen molar-refractivity contribution < 1.29 is 19.5 Å². The lowest BCUT2D eigenvalue weighted by atomic mass is 10.1. The lowest BCUT2D eigenvalue weighted by Gasteiger charge is -2.17. The molecule has 5 nitrogen and oxygen atoms in total. The van der Waals surface area contributed by atoms with Crippen molar-refractivity contribution in [3.63, 3.8) is 0 Å². The van der Waals surface area contributed by atoms with Gasteiger partial charge in [0.1, 0.15) is 12.7 Å². The first kappa shape index (κ1) is 14.4. The highest BCUT2D eigenvalue weighted by Gasteiger charge is 2.36. The third-order valence-electron chi connectivity index (χ3n) is 3.58. The number of aryl methyl sites for hydroxylation is 1. The van der Waals surface area contributed by atoms with E-state index in [0.29, 0.717) is 21.8 Å². The van der Waals surface area contributed by atoms with Crippen LogP contribution in [0.2, 0.25) is 0 Å². The summed E-state index contributed by atoms with van der Waals surface area (Å²) in [6.45, 7) is 1.78. The molecule has 2 amide bonds. The van der Waals surface area contributed by atoms with Crippen LogP contribution in [-0.4, -0.2) is 28.6 Å². The number of imide groups is 1. The number of aliphatic hydroxyl groups is 1. The number of nitrogens with zero attached hydrogens (tertiary/aromatic N) is 1. The Hall–Kier alpha value is -2.50. The van der Waals surface area contributed by atoms with E-state index in [-0.39, 0.29) is 6.61 Å². The number of benzene rings is 2. The van der Waals surface area contributed by atoms with Crippen LogP contribution in [0, 0.1) is 6.92 Å². The maximum Gasteiger partial charge on any atom is 0.285 e. The van der Waals surface area contributed by atoms with E-state index in [1.54, 1.807) is 36.4 Å². The van der Waals surface area contributed by atoms with Gasteiger partial charge in [0.25, 0.3) is 11.8 Å². The maximum absolute atomic E-state index is 12.1. The van der Waals surface area contributed by atoms with Gasteiger partial charge in [-0.25, -0.2) is 0 Å². The molecule has 1 unspecified atom stereocenters. The van der Waals surface area contributed by atoms with E-state index < -0.39 is 17.9 Å². The molecule has 2 aromatic carbocycles. The summed E-state index contributed by atoms with van der Waals surface area (Å²) in [5, 5.41) is 10.8. The normalized spacial score (nSPS) is 15.1. The number of carbonyl (C=O) groups excluding carboxylic acids is 2. The molecule has 1 N–H and O–H groups in total. The Kier molecular flexibility index (Phi) is 3.75. The molecule has 5 heteroatoms. The fourth-order valence-corrected chi connectivity index (χ4v) is 2.31. The predicted octanol–water partition coefficient (Wildman–Crippen LogP) is 2.26. The van der Waals surface area contributed by atoms with E-state index in [1.807, 2.05) is 19.1 Å². The van der Waals surface area contributed by atoms with Gasteiger partial charge < -0.3 is 5.11 Å². The van der Waals surface area contributed by atoms with Crippen molar-refractivity contribution in [2.75, 3.05) is 6.61 Å². The summed E-state index contributed by atoms with van der Waals surface area (Å²) in [5.74, 6) is -1.01. The van der Waals surface area contributed by atoms with Crippen molar-refractivity contribution in [3.05, 3.63) is 70.8 Å². The van der Waals surface area contributed by atoms with Gasteiger partial charge in [-0.2, -0.15) is 0 Å². The molecule has 3 rings (SSSR count). The van der Waals surface area contributed by atoms with Crippen molar-refractivity contribution in [2.24, 2.45) is 0 Å². The molecule has 0 spiro atoms. The molecule has 0 aliphatic carbocycles. The van der Waals surface area contributed by atoms with Crippen molar-refractivity contribution >= 4 is 11.8 Å². The number of rotatable bonds is 4. The number of amides is 2. The summed E-state index contributed by atoms with van der Waals surface area (Å²) < 4.78 is 0. The SMILES string of the molecule is Cc1ccc(C(O)CON2C(=O)c3ccccc3C2=O)cc1. The zero-order valence-electron chi connectivity index (χ0n) is 12.0. The molecule has 0 fully saturated rings. The summed E-state index contributed by atoms with van der Waals surface area (Å²) in [7, 11) is 0. The van der Waals surface area contributed by atoms with Crippen LogP contribution in [0.25, 0.3) is 0 Å². The number of fused-ring (bicyclic) bond motifs is 1. The minimum absolute atomic E-state index is 0.172. The van der Waals surface area contributed by atoms with Crippen LogP contribution in [0.5, 0.6) is 0 Å². The van der Waals surface area contributed by atoms with Crippen LogP contribution in [0.1, 0.15) is 37.9 Å². The molecule has 0 bridgehead atoms. The monoisotopic (exact) mass is 297 g/mol. The van der Waals surface area contributed by atoms with Crippen molar-refractivity contribution in [1.29, 1.82) is 0 Å². The van der Waals surface area contributed by atoms with E-state index >= 15 is 0 Å². The molecule has 1 atom stereocenters. The van der Waals surface area contributed by atoms with Crippen molar-refractivity contribution in [2.45, 2.75) is 13.0 Å². The highest BCUT2D eigenvalue weighted by molar-refractivity contribution is 6.20. The van der Waals surface area contributed by atoms with Gasteiger partial charge in [-0.3, -0.25) is 14.4 Å². The Morgan fingerprint density at radius 1 is 1.00 bits per heavy atom. The van der Waals surface area contributed by atoms with E-state index in [2.05, 4.69) is 0 Å². The van der Waals surface area contributed by atoms with Crippen LogP contribution in [0.4, 0.5) is 0 Å². The van der Waals surface area contributed by atoms with E-state index in [0.717, 1.165) is 5.56 Å². The lowest BCUT2D eigenvalue weighted by Crippen LogP contribution is -2.31. The van der Waals surface area contributed by atoms with Crippen LogP contribution in [0.15, 0.2) is 48.5 Å². The largest absolute Gasteiger partial charge is 0.386 e. The Bertz CT molecular complexity index is 689. The minimum Gasteiger partial charge on any atom is -0.386 e. The molecule has 1 heterocycles. The van der Waals surface area contributed by atoms with Gasteiger partial charge in [0.2, 0.25) is 0 Å². The Morgan fingerprint density at radius 2 is 1.55 bits per heavy atom. The second kappa shape index (κ2) is 5.71. The Balaban J connectivity index is 1.69. The van der Waals surface area contributed by atoms with Gasteiger partial charge in [-0.05, 0) is 24.6 Å². The van der Waals surface area contributed by atoms with Crippen molar-refractivity contribution in [1.82, 2.24) is 5.06 Å². The van der Waals surface area contributed by atoms with Gasteiger partial charge in [-0.1, -0.05) is 42.0 Å². The number of carbonyl (C=O) groups is 2. The molecule has 22 heavy (non-hydrogen) atoms. The van der Waals surface area contributed by atoms with E-state index in [4.69, 9.17) is 4.84 Å². The third-order valence-corrected chi connectivity index (χ3v) is 3.58. The molecule has 0 saturated heterocycles. The molecule has 0 aromatic heterocycles. The summed E-state index contributed by atoms with van der Waals surface area (Å²) >= 11 is 0. The second-order valence-corrected chi connectivity index (χ2v) is 5.17. The molecule has 0 radical (unpaired) electrons. The zero-order chi connectivity index (χ0) is 15.7. The summed E-state index contributed by atoms with van der Waals surface area (Å²) in [4.78, 5) is 29.4. The van der Waals surface area contributed by atoms with E-state index in [1.165, 1.54) is 0 Å². The lowest BCUT2D eigenvalue weighted by molar-refractivity contribution is -0.116. The number of hydrogen-bond donors (Lipinski definition) is 1. The predicted molar refractivity (Wildman–Crippen MR) is 79.0 cm³/mol.